The van der Waals surface area contributed by atoms with Crippen LogP contribution in [0, 0.1) is 13.8 Å². The third kappa shape index (κ3) is 2.74. The predicted octanol–water partition coefficient (Wildman–Crippen LogP) is 0.445. The molecule has 0 aliphatic rings. The normalized spacial score (nSPS) is 12.3. The Morgan fingerprint density at radius 1 is 1.53 bits per heavy atom. The highest BCUT2D eigenvalue weighted by Gasteiger charge is 2.21. The van der Waals surface area contributed by atoms with Gasteiger partial charge in [0.25, 0.3) is 11.5 Å². The molecule has 1 aromatic rings. The summed E-state index contributed by atoms with van der Waals surface area (Å²) in [4.78, 5) is 27.8. The zero-order valence-electron chi connectivity index (χ0n) is 10.6. The molecule has 0 spiro atoms. The van der Waals surface area contributed by atoms with Gasteiger partial charge in [-0.1, -0.05) is 0 Å². The number of hydrogen-bond donors (Lipinski definition) is 2. The van der Waals surface area contributed by atoms with Gasteiger partial charge in [-0.25, -0.2) is 0 Å². The highest BCUT2D eigenvalue weighted by Crippen LogP contribution is 2.08. The average Bonchev–Trinajstić information content (AvgIpc) is 2.25. The van der Waals surface area contributed by atoms with Gasteiger partial charge < -0.3 is 15.0 Å². The number of aromatic amines is 1. The highest BCUT2D eigenvalue weighted by molar-refractivity contribution is 5.95. The Morgan fingerprint density at radius 3 is 2.59 bits per heavy atom. The summed E-state index contributed by atoms with van der Waals surface area (Å²) in [6.07, 6.45) is 0. The molecular weight excluding hydrogens is 220 g/mol. The molecule has 0 aromatic carbocycles. The van der Waals surface area contributed by atoms with Crippen molar-refractivity contribution in [2.45, 2.75) is 26.8 Å². The second-order valence-electron chi connectivity index (χ2n) is 4.29. The lowest BCUT2D eigenvalue weighted by atomic mass is 10.1. The van der Waals surface area contributed by atoms with E-state index in [1.165, 1.54) is 4.90 Å². The minimum absolute atomic E-state index is 0.134. The number of amides is 1. The zero-order chi connectivity index (χ0) is 13.2. The number of likely N-dealkylation sites (N-methyl/N-ethyl adjacent to an activating group) is 1. The molecule has 0 bridgehead atoms. The van der Waals surface area contributed by atoms with Crippen LogP contribution in [-0.4, -0.2) is 40.6 Å². The monoisotopic (exact) mass is 238 g/mol. The Bertz CT molecular complexity index is 479. The van der Waals surface area contributed by atoms with Gasteiger partial charge in [0.2, 0.25) is 0 Å². The Balaban J connectivity index is 3.18. The highest BCUT2D eigenvalue weighted by atomic mass is 16.3. The van der Waals surface area contributed by atoms with Crippen LogP contribution in [0.15, 0.2) is 10.9 Å². The summed E-state index contributed by atoms with van der Waals surface area (Å²) in [7, 11) is 1.57. The van der Waals surface area contributed by atoms with Gasteiger partial charge in [-0.2, -0.15) is 0 Å². The van der Waals surface area contributed by atoms with Crippen molar-refractivity contribution >= 4 is 5.91 Å². The maximum absolute atomic E-state index is 12.1. The smallest absolute Gasteiger partial charge is 0.261 e. The number of hydrogen-bond acceptors (Lipinski definition) is 3. The molecule has 1 aromatic heterocycles. The van der Waals surface area contributed by atoms with Crippen molar-refractivity contribution in [1.29, 1.82) is 0 Å². The fourth-order valence-electron chi connectivity index (χ4n) is 1.62. The molecule has 0 saturated heterocycles. The topological polar surface area (TPSA) is 73.4 Å². The van der Waals surface area contributed by atoms with Crippen LogP contribution >= 0.6 is 0 Å². The van der Waals surface area contributed by atoms with Crippen molar-refractivity contribution in [2.75, 3.05) is 13.7 Å². The number of nitrogens with zero attached hydrogens (tertiary/aromatic N) is 1. The zero-order valence-corrected chi connectivity index (χ0v) is 10.6. The van der Waals surface area contributed by atoms with Gasteiger partial charge in [-0.3, -0.25) is 9.59 Å². The number of carbonyl (C=O) groups is 1. The van der Waals surface area contributed by atoms with E-state index in [1.54, 1.807) is 33.9 Å². The van der Waals surface area contributed by atoms with Crippen LogP contribution < -0.4 is 5.56 Å². The summed E-state index contributed by atoms with van der Waals surface area (Å²) in [5, 5.41) is 9.00. The maximum Gasteiger partial charge on any atom is 0.261 e. The first-order valence-electron chi connectivity index (χ1n) is 5.47. The fraction of sp³-hybridized carbons (Fsp3) is 0.500. The fourth-order valence-corrected chi connectivity index (χ4v) is 1.62. The van der Waals surface area contributed by atoms with Crippen molar-refractivity contribution in [1.82, 2.24) is 9.88 Å². The first-order chi connectivity index (χ1) is 7.88. The summed E-state index contributed by atoms with van der Waals surface area (Å²) >= 11 is 0. The van der Waals surface area contributed by atoms with E-state index in [9.17, 15) is 9.59 Å². The molecule has 1 rings (SSSR count). The van der Waals surface area contributed by atoms with Crippen LogP contribution in [0.2, 0.25) is 0 Å². The molecule has 17 heavy (non-hydrogen) atoms. The van der Waals surface area contributed by atoms with E-state index in [2.05, 4.69) is 4.98 Å². The minimum Gasteiger partial charge on any atom is -0.394 e. The van der Waals surface area contributed by atoms with Gasteiger partial charge in [0.15, 0.2) is 0 Å². The van der Waals surface area contributed by atoms with Gasteiger partial charge in [-0.05, 0) is 32.4 Å². The van der Waals surface area contributed by atoms with Crippen LogP contribution in [0.4, 0.5) is 0 Å². The number of aromatic nitrogens is 1. The van der Waals surface area contributed by atoms with Crippen LogP contribution in [0.5, 0.6) is 0 Å². The molecule has 0 aliphatic heterocycles. The van der Waals surface area contributed by atoms with Crippen molar-refractivity contribution in [3.8, 4) is 0 Å². The number of aliphatic hydroxyl groups is 1. The molecule has 0 aliphatic carbocycles. The predicted molar refractivity (Wildman–Crippen MR) is 65.2 cm³/mol. The second-order valence-corrected chi connectivity index (χ2v) is 4.29. The van der Waals surface area contributed by atoms with Gasteiger partial charge >= 0.3 is 0 Å². The van der Waals surface area contributed by atoms with Crippen LogP contribution in [0.25, 0.3) is 0 Å². The number of carbonyl (C=O) groups excluding carboxylic acids is 1. The molecule has 1 unspecified atom stereocenters. The van der Waals surface area contributed by atoms with Crippen LogP contribution in [-0.2, 0) is 0 Å². The van der Waals surface area contributed by atoms with Crippen LogP contribution in [0.1, 0.15) is 28.5 Å². The molecule has 2 N–H and O–H groups in total. The van der Waals surface area contributed by atoms with E-state index in [4.69, 9.17) is 5.11 Å². The summed E-state index contributed by atoms with van der Waals surface area (Å²) in [6.45, 7) is 5.08. The van der Waals surface area contributed by atoms with E-state index >= 15 is 0 Å². The second kappa shape index (κ2) is 5.14. The largest absolute Gasteiger partial charge is 0.394 e. The molecule has 0 fully saturated rings. The van der Waals surface area contributed by atoms with E-state index in [0.717, 1.165) is 5.69 Å². The van der Waals surface area contributed by atoms with E-state index in [-0.39, 0.29) is 29.7 Å². The quantitative estimate of drug-likeness (QED) is 0.802. The SMILES string of the molecule is Cc1cc(C)c(C(=O)N(C)C(C)CO)c(=O)[nH]1. The molecule has 1 amide bonds. The lowest BCUT2D eigenvalue weighted by Crippen LogP contribution is -2.40. The summed E-state index contributed by atoms with van der Waals surface area (Å²) in [6, 6.07) is 1.44. The molecular formula is C12H18N2O3. The average molecular weight is 238 g/mol. The minimum atomic E-state index is -0.385. The number of pyridine rings is 1. The Labute approximate surface area is 100 Å². The van der Waals surface area contributed by atoms with Gasteiger partial charge in [0.1, 0.15) is 5.56 Å². The molecule has 1 atom stereocenters. The first-order valence-corrected chi connectivity index (χ1v) is 5.47. The van der Waals surface area contributed by atoms with Gasteiger partial charge in [0, 0.05) is 12.7 Å². The molecule has 94 valence electrons. The van der Waals surface area contributed by atoms with Gasteiger partial charge in [-0.15, -0.1) is 0 Å². The molecule has 5 heteroatoms. The number of rotatable bonds is 3. The third-order valence-electron chi connectivity index (χ3n) is 2.82. The summed E-state index contributed by atoms with van der Waals surface area (Å²) in [5.41, 5.74) is 1.12. The van der Waals surface area contributed by atoms with Gasteiger partial charge in [0.05, 0.1) is 12.6 Å². The van der Waals surface area contributed by atoms with Crippen molar-refractivity contribution < 1.29 is 9.90 Å². The molecule has 1 heterocycles. The lowest BCUT2D eigenvalue weighted by molar-refractivity contribution is 0.0679. The van der Waals surface area contributed by atoms with Crippen LogP contribution in [0.3, 0.4) is 0 Å². The van der Waals surface area contributed by atoms with Crippen molar-refractivity contribution in [2.24, 2.45) is 0 Å². The standard InChI is InChI=1S/C12H18N2O3/c1-7-5-8(2)13-11(16)10(7)12(17)14(4)9(3)6-15/h5,9,15H,6H2,1-4H3,(H,13,16). The Kier molecular flexibility index (Phi) is 4.07. The molecule has 0 radical (unpaired) electrons. The summed E-state index contributed by atoms with van der Waals surface area (Å²) in [5.74, 6) is -0.370. The Morgan fingerprint density at radius 2 is 2.12 bits per heavy atom. The van der Waals surface area contributed by atoms with E-state index in [0.29, 0.717) is 5.56 Å². The van der Waals surface area contributed by atoms with Crippen molar-refractivity contribution in [3.63, 3.8) is 0 Å². The Hall–Kier alpha value is -1.62. The lowest BCUT2D eigenvalue weighted by Gasteiger charge is -2.23. The maximum atomic E-state index is 12.1. The number of aryl methyl sites for hydroxylation is 2. The first kappa shape index (κ1) is 13.4. The van der Waals surface area contributed by atoms with E-state index in [1.807, 2.05) is 0 Å². The third-order valence-corrected chi connectivity index (χ3v) is 2.82. The van der Waals surface area contributed by atoms with E-state index < -0.39 is 0 Å². The summed E-state index contributed by atoms with van der Waals surface area (Å²) < 4.78 is 0. The number of aliphatic hydroxyl groups excluding tert-OH is 1. The number of nitrogens with one attached hydrogen (secondary N) is 1. The molecule has 5 nitrogen and oxygen atoms in total. The molecule has 0 saturated carbocycles. The van der Waals surface area contributed by atoms with Crippen molar-refractivity contribution in [3.05, 3.63) is 33.2 Å². The number of H-pyrrole nitrogens is 1.